The van der Waals surface area contributed by atoms with E-state index in [0.717, 1.165) is 65.3 Å². The van der Waals surface area contributed by atoms with Gasteiger partial charge < -0.3 is 14.8 Å². The fourth-order valence-electron chi connectivity index (χ4n) is 5.76. The van der Waals surface area contributed by atoms with E-state index in [1.54, 1.807) is 6.07 Å². The number of rotatable bonds is 6. The molecule has 1 N–H and O–H groups in total. The van der Waals surface area contributed by atoms with Gasteiger partial charge in [-0.05, 0) is 36.7 Å². The molecule has 1 fully saturated rings. The highest BCUT2D eigenvalue weighted by molar-refractivity contribution is 6.39. The van der Waals surface area contributed by atoms with Crippen LogP contribution >= 0.6 is 23.2 Å². The number of carbonyl (C=O) groups excluding carboxylic acids is 1. The first-order valence-electron chi connectivity index (χ1n) is 13.8. The van der Waals surface area contributed by atoms with Gasteiger partial charge in [0, 0.05) is 68.6 Å². The zero-order valence-electron chi connectivity index (χ0n) is 23.3. The Kier molecular flexibility index (Phi) is 7.64. The van der Waals surface area contributed by atoms with E-state index in [0.29, 0.717) is 34.6 Å². The molecule has 1 saturated heterocycles. The van der Waals surface area contributed by atoms with E-state index in [2.05, 4.69) is 52.3 Å². The third-order valence-corrected chi connectivity index (χ3v) is 8.96. The van der Waals surface area contributed by atoms with Gasteiger partial charge >= 0.3 is 0 Å². The lowest BCUT2D eigenvalue weighted by Crippen LogP contribution is -2.47. The van der Waals surface area contributed by atoms with Crippen LogP contribution in [0, 0.1) is 6.92 Å². The van der Waals surface area contributed by atoms with Gasteiger partial charge in [0.25, 0.3) is 5.91 Å². The molecule has 9 heteroatoms. The Morgan fingerprint density at radius 3 is 2.46 bits per heavy atom. The first kappa shape index (κ1) is 27.9. The summed E-state index contributed by atoms with van der Waals surface area (Å²) in [5.74, 6) is 0.0588. The number of nitrogens with zero attached hydrogens (tertiary/aromatic N) is 4. The summed E-state index contributed by atoms with van der Waals surface area (Å²) in [6.07, 6.45) is 0.144. The molecule has 6 rings (SSSR count). The normalized spacial score (nSPS) is 16.0. The summed E-state index contributed by atoms with van der Waals surface area (Å²) in [4.78, 5) is 22.2. The summed E-state index contributed by atoms with van der Waals surface area (Å²) in [5.41, 5.74) is 8.23. The highest BCUT2D eigenvalue weighted by atomic mass is 35.5. The number of aromatic nitrogens is 2. The molecule has 1 aromatic heterocycles. The number of benzene rings is 3. The number of fused-ring (bicyclic) bond motifs is 1. The number of likely N-dealkylation sites (tertiary alicyclic amines) is 1. The fraction of sp³-hybridized carbons (Fsp3) is 0.312. The monoisotopic (exact) mass is 591 g/mol. The number of carbonyl (C=O) groups is 1. The second kappa shape index (κ2) is 11.2. The molecule has 3 heterocycles. The van der Waals surface area contributed by atoms with Crippen molar-refractivity contribution in [1.29, 1.82) is 0 Å². The number of imidazole rings is 1. The molecule has 4 aromatic rings. The van der Waals surface area contributed by atoms with E-state index in [4.69, 9.17) is 23.2 Å². The number of hydrogen-bond donors (Lipinski definition) is 1. The van der Waals surface area contributed by atoms with E-state index in [1.165, 1.54) is 5.56 Å². The van der Waals surface area contributed by atoms with Gasteiger partial charge in [-0.2, -0.15) is 0 Å². The summed E-state index contributed by atoms with van der Waals surface area (Å²) < 4.78 is 15.1. The Morgan fingerprint density at radius 1 is 1.02 bits per heavy atom. The average molecular weight is 593 g/mol. The van der Waals surface area contributed by atoms with Crippen LogP contribution in [0.5, 0.6) is 0 Å². The molecule has 0 atom stereocenters. The molecule has 3 aromatic carbocycles. The summed E-state index contributed by atoms with van der Waals surface area (Å²) in [6.45, 7) is 5.47. The fourth-order valence-corrected chi connectivity index (χ4v) is 6.37. The molecule has 1 amide bonds. The van der Waals surface area contributed by atoms with Gasteiger partial charge in [0.05, 0.1) is 21.4 Å². The molecule has 212 valence electrons. The number of likely N-dealkylation sites (N-methyl/N-ethyl adjacent to an activating group) is 1. The molecule has 0 aliphatic carbocycles. The van der Waals surface area contributed by atoms with Crippen molar-refractivity contribution in [2.75, 3.05) is 32.0 Å². The Hall–Kier alpha value is -3.23. The number of aryl methyl sites for hydroxylation is 1. The SMILES string of the molecule is Cc1cc(-c2cccc(-c3cccc(NC(=O)c4nc5c(n4C)CCN(C)C5)c3Cl)c2Cl)ccc1CN1CC(F)C1. The molecular formula is C32H32Cl2FN5O. The molecular weight excluding hydrogens is 560 g/mol. The van der Waals surface area contributed by atoms with E-state index < -0.39 is 6.17 Å². The summed E-state index contributed by atoms with van der Waals surface area (Å²) in [7, 11) is 3.93. The van der Waals surface area contributed by atoms with Gasteiger partial charge in [-0.25, -0.2) is 9.37 Å². The van der Waals surface area contributed by atoms with Crippen molar-refractivity contribution in [3.63, 3.8) is 0 Å². The van der Waals surface area contributed by atoms with E-state index in [9.17, 15) is 9.18 Å². The minimum atomic E-state index is -0.711. The van der Waals surface area contributed by atoms with Gasteiger partial charge in [0.1, 0.15) is 6.17 Å². The minimum absolute atomic E-state index is 0.306. The largest absolute Gasteiger partial charge is 0.327 e. The van der Waals surface area contributed by atoms with Crippen LogP contribution in [0.15, 0.2) is 54.6 Å². The van der Waals surface area contributed by atoms with Crippen molar-refractivity contribution in [3.05, 3.63) is 93.0 Å². The molecule has 2 aliphatic rings. The van der Waals surface area contributed by atoms with Crippen molar-refractivity contribution >= 4 is 34.8 Å². The quantitative estimate of drug-likeness (QED) is 0.269. The zero-order valence-corrected chi connectivity index (χ0v) is 24.9. The Labute approximate surface area is 249 Å². The van der Waals surface area contributed by atoms with Crippen molar-refractivity contribution in [1.82, 2.24) is 19.4 Å². The smallest absolute Gasteiger partial charge is 0.291 e. The van der Waals surface area contributed by atoms with Crippen LogP contribution < -0.4 is 5.32 Å². The highest BCUT2D eigenvalue weighted by Crippen LogP contribution is 2.41. The lowest BCUT2D eigenvalue weighted by Gasteiger charge is -2.34. The van der Waals surface area contributed by atoms with Crippen LogP contribution in [0.1, 0.15) is 33.1 Å². The van der Waals surface area contributed by atoms with E-state index in [1.807, 2.05) is 41.9 Å². The molecule has 2 aliphatic heterocycles. The van der Waals surface area contributed by atoms with Gasteiger partial charge in [-0.15, -0.1) is 0 Å². The van der Waals surface area contributed by atoms with Crippen molar-refractivity contribution in [2.45, 2.75) is 32.6 Å². The predicted molar refractivity (Wildman–Crippen MR) is 163 cm³/mol. The lowest BCUT2D eigenvalue weighted by molar-refractivity contribution is 0.0589. The number of alkyl halides is 1. The summed E-state index contributed by atoms with van der Waals surface area (Å²) in [5, 5.41) is 3.95. The molecule has 0 saturated carbocycles. The number of nitrogens with one attached hydrogen (secondary N) is 1. The van der Waals surface area contributed by atoms with E-state index >= 15 is 0 Å². The molecule has 0 unspecified atom stereocenters. The van der Waals surface area contributed by atoms with Crippen LogP contribution in [-0.2, 0) is 26.6 Å². The number of amides is 1. The van der Waals surface area contributed by atoms with Crippen LogP contribution in [0.2, 0.25) is 10.0 Å². The Morgan fingerprint density at radius 2 is 1.73 bits per heavy atom. The van der Waals surface area contributed by atoms with Gasteiger partial charge in [-0.3, -0.25) is 9.69 Å². The Bertz CT molecular complexity index is 1650. The van der Waals surface area contributed by atoms with Crippen molar-refractivity contribution < 1.29 is 9.18 Å². The molecule has 0 spiro atoms. The lowest BCUT2D eigenvalue weighted by atomic mass is 9.95. The number of hydrogen-bond acceptors (Lipinski definition) is 4. The molecule has 0 bridgehead atoms. The highest BCUT2D eigenvalue weighted by Gasteiger charge is 2.27. The van der Waals surface area contributed by atoms with Gasteiger partial charge in [-0.1, -0.05) is 71.7 Å². The standard InChI is InChI=1S/C32H32Cl2FN5O/c1-19-14-20(10-11-21(19)15-40-16-22(35)17-40)23-6-4-7-24(29(23)33)25-8-5-9-26(30(25)34)37-32(41)31-36-27-18-38(2)13-12-28(27)39(31)3/h4-11,14,22H,12-13,15-18H2,1-3H3,(H,37,41). The molecule has 6 nitrogen and oxygen atoms in total. The maximum absolute atomic E-state index is 13.3. The van der Waals surface area contributed by atoms with Gasteiger partial charge in [0.2, 0.25) is 0 Å². The predicted octanol–water partition coefficient (Wildman–Crippen LogP) is 6.76. The van der Waals surface area contributed by atoms with Crippen molar-refractivity contribution in [2.24, 2.45) is 7.05 Å². The second-order valence-electron chi connectivity index (χ2n) is 11.1. The first-order chi connectivity index (χ1) is 19.7. The minimum Gasteiger partial charge on any atom is -0.327 e. The maximum atomic E-state index is 13.3. The van der Waals surface area contributed by atoms with Crippen LogP contribution in [0.25, 0.3) is 22.3 Å². The second-order valence-corrected chi connectivity index (χ2v) is 11.9. The van der Waals surface area contributed by atoms with Crippen LogP contribution in [0.4, 0.5) is 10.1 Å². The molecule has 0 radical (unpaired) electrons. The van der Waals surface area contributed by atoms with Crippen LogP contribution in [-0.4, -0.2) is 58.1 Å². The summed E-state index contributed by atoms with van der Waals surface area (Å²) in [6, 6.07) is 17.7. The van der Waals surface area contributed by atoms with E-state index in [-0.39, 0.29) is 5.91 Å². The van der Waals surface area contributed by atoms with Crippen molar-refractivity contribution in [3.8, 4) is 22.3 Å². The van der Waals surface area contributed by atoms with Crippen LogP contribution in [0.3, 0.4) is 0 Å². The molecule has 41 heavy (non-hydrogen) atoms. The first-order valence-corrected chi connectivity index (χ1v) is 14.5. The topological polar surface area (TPSA) is 53.4 Å². The zero-order chi connectivity index (χ0) is 28.8. The summed E-state index contributed by atoms with van der Waals surface area (Å²) >= 11 is 13.9. The maximum Gasteiger partial charge on any atom is 0.291 e. The average Bonchev–Trinajstić information content (AvgIpc) is 3.25. The Balaban J connectivity index is 1.26. The number of anilines is 1. The number of halogens is 3. The van der Waals surface area contributed by atoms with Gasteiger partial charge in [0.15, 0.2) is 5.82 Å². The third kappa shape index (κ3) is 5.40. The third-order valence-electron chi connectivity index (χ3n) is 8.15.